The lowest BCUT2D eigenvalue weighted by Crippen LogP contribution is -2.31. The molecule has 182 valence electrons. The van der Waals surface area contributed by atoms with Crippen LogP contribution in [0.3, 0.4) is 0 Å². The molecule has 0 atom stereocenters. The lowest BCUT2D eigenvalue weighted by Gasteiger charge is -2.15. The molecule has 1 aliphatic carbocycles. The zero-order valence-corrected chi connectivity index (χ0v) is 22.5. The number of fused-ring (bicyclic) bond motifs is 1. The van der Waals surface area contributed by atoms with E-state index in [-0.39, 0.29) is 29.4 Å². The van der Waals surface area contributed by atoms with Crippen molar-refractivity contribution in [2.24, 2.45) is 5.41 Å². The van der Waals surface area contributed by atoms with E-state index in [1.165, 1.54) is 15.3 Å². The van der Waals surface area contributed by atoms with Gasteiger partial charge in [0.1, 0.15) is 12.4 Å². The van der Waals surface area contributed by atoms with Crippen LogP contribution in [0.5, 0.6) is 5.75 Å². The lowest BCUT2D eigenvalue weighted by atomic mass is 10.1. The Bertz CT molecular complexity index is 1510. The van der Waals surface area contributed by atoms with E-state index >= 15 is 0 Å². The molecule has 1 N–H and O–H groups in total. The number of halogens is 1. The Morgan fingerprint density at radius 3 is 2.63 bits per heavy atom. The number of amides is 1. The molecule has 0 aliphatic heterocycles. The van der Waals surface area contributed by atoms with Gasteiger partial charge in [0, 0.05) is 22.2 Å². The predicted octanol–water partition coefficient (Wildman–Crippen LogP) is 5.40. The molecule has 35 heavy (non-hydrogen) atoms. The normalized spacial score (nSPS) is 14.7. The van der Waals surface area contributed by atoms with Gasteiger partial charge in [0.15, 0.2) is 0 Å². The molecule has 2 aromatic carbocycles. The van der Waals surface area contributed by atoms with Crippen molar-refractivity contribution in [3.05, 3.63) is 74.8 Å². The SMILES string of the molecule is Cc1ccc(S(=O)(=O)n2c(CNC(=O)C3(C)CC3)cc3cc(Br)c(OCc4cscn4)cc32)cc1. The summed E-state index contributed by atoms with van der Waals surface area (Å²) in [6.07, 6.45) is 1.69. The number of ether oxygens (including phenoxy) is 1. The van der Waals surface area contributed by atoms with Gasteiger partial charge in [0.05, 0.1) is 38.3 Å². The van der Waals surface area contributed by atoms with E-state index in [9.17, 15) is 13.2 Å². The average Bonchev–Trinajstić information content (AvgIpc) is 3.21. The van der Waals surface area contributed by atoms with Crippen LogP contribution in [0, 0.1) is 12.3 Å². The number of hydrogen-bond acceptors (Lipinski definition) is 6. The first kappa shape index (κ1) is 24.0. The highest BCUT2D eigenvalue weighted by atomic mass is 79.9. The molecular weight excluding hydrogens is 550 g/mol. The van der Waals surface area contributed by atoms with Crippen LogP contribution in [0.15, 0.2) is 62.7 Å². The van der Waals surface area contributed by atoms with Crippen molar-refractivity contribution in [1.29, 1.82) is 0 Å². The van der Waals surface area contributed by atoms with Gasteiger partial charge in [0.25, 0.3) is 10.0 Å². The van der Waals surface area contributed by atoms with Gasteiger partial charge in [-0.15, -0.1) is 11.3 Å². The number of benzene rings is 2. The molecule has 10 heteroatoms. The summed E-state index contributed by atoms with van der Waals surface area (Å²) < 4.78 is 35.6. The Hall–Kier alpha value is -2.69. The number of nitrogens with one attached hydrogen (secondary N) is 1. The molecule has 7 nitrogen and oxygen atoms in total. The predicted molar refractivity (Wildman–Crippen MR) is 139 cm³/mol. The van der Waals surface area contributed by atoms with Gasteiger partial charge in [-0.05, 0) is 60.0 Å². The van der Waals surface area contributed by atoms with Crippen molar-refractivity contribution in [2.75, 3.05) is 0 Å². The molecule has 2 aromatic heterocycles. The van der Waals surface area contributed by atoms with E-state index in [4.69, 9.17) is 4.74 Å². The Morgan fingerprint density at radius 1 is 1.23 bits per heavy atom. The van der Waals surface area contributed by atoms with Crippen LogP contribution >= 0.6 is 27.3 Å². The molecule has 5 rings (SSSR count). The maximum atomic E-state index is 13.8. The van der Waals surface area contributed by atoms with Crippen LogP contribution in [-0.4, -0.2) is 23.3 Å². The number of aryl methyl sites for hydroxylation is 1. The second-order valence-corrected chi connectivity index (χ2v) is 12.4. The summed E-state index contributed by atoms with van der Waals surface area (Å²) in [5.74, 6) is 0.445. The number of carbonyl (C=O) groups is 1. The van der Waals surface area contributed by atoms with Crippen LogP contribution in [0.2, 0.25) is 0 Å². The van der Waals surface area contributed by atoms with E-state index in [0.717, 1.165) is 29.5 Å². The van der Waals surface area contributed by atoms with E-state index in [1.54, 1.807) is 41.9 Å². The maximum Gasteiger partial charge on any atom is 0.268 e. The minimum absolute atomic E-state index is 0.0597. The molecule has 1 amide bonds. The molecule has 0 radical (unpaired) electrons. The van der Waals surface area contributed by atoms with Crippen LogP contribution in [0.25, 0.3) is 10.9 Å². The highest BCUT2D eigenvalue weighted by Crippen LogP contribution is 2.45. The standard InChI is InChI=1S/C25H24BrN3O4S2/c1-16-3-5-20(6-4-16)35(31,32)29-19(12-27-24(30)25(2)7-8-25)9-17-10-21(26)23(11-22(17)29)33-13-18-14-34-15-28-18/h3-6,9-11,14-15H,7-8,12-13H2,1-2H3,(H,27,30). The van der Waals surface area contributed by atoms with Gasteiger partial charge in [-0.3, -0.25) is 4.79 Å². The fraction of sp³-hybridized carbons (Fsp3) is 0.280. The minimum Gasteiger partial charge on any atom is -0.486 e. The summed E-state index contributed by atoms with van der Waals surface area (Å²) in [5.41, 5.74) is 4.09. The van der Waals surface area contributed by atoms with Gasteiger partial charge in [-0.1, -0.05) is 24.6 Å². The van der Waals surface area contributed by atoms with Crippen LogP contribution in [0.1, 0.15) is 36.7 Å². The third kappa shape index (κ3) is 4.74. The largest absolute Gasteiger partial charge is 0.486 e. The Balaban J connectivity index is 1.58. The molecule has 1 aliphatic rings. The maximum absolute atomic E-state index is 13.8. The van der Waals surface area contributed by atoms with Crippen molar-refractivity contribution in [1.82, 2.24) is 14.3 Å². The van der Waals surface area contributed by atoms with Crippen LogP contribution in [-0.2, 0) is 28.0 Å². The lowest BCUT2D eigenvalue weighted by molar-refractivity contribution is -0.125. The minimum atomic E-state index is -3.94. The molecule has 1 saturated carbocycles. The quantitative estimate of drug-likeness (QED) is 0.304. The number of carbonyl (C=O) groups excluding carboxylic acids is 1. The average molecular weight is 575 g/mol. The first-order valence-corrected chi connectivity index (χ1v) is 14.3. The molecule has 0 spiro atoms. The van der Waals surface area contributed by atoms with Gasteiger partial charge in [-0.2, -0.15) is 0 Å². The van der Waals surface area contributed by atoms with Crippen molar-refractivity contribution < 1.29 is 17.9 Å². The molecular formula is C25H24BrN3O4S2. The summed E-state index contributed by atoms with van der Waals surface area (Å²) in [5, 5.41) is 5.55. The second-order valence-electron chi connectivity index (χ2n) is 9.07. The number of nitrogens with zero attached hydrogens (tertiary/aromatic N) is 2. The third-order valence-corrected chi connectivity index (χ3v) is 9.31. The number of rotatable bonds is 8. The van der Waals surface area contributed by atoms with Crippen molar-refractivity contribution in [2.45, 2.75) is 44.7 Å². The fourth-order valence-corrected chi connectivity index (χ4v) is 6.39. The van der Waals surface area contributed by atoms with Crippen LogP contribution < -0.4 is 10.1 Å². The van der Waals surface area contributed by atoms with E-state index in [2.05, 4.69) is 26.2 Å². The summed E-state index contributed by atoms with van der Waals surface area (Å²) in [4.78, 5) is 17.0. The number of thiazole rings is 1. The topological polar surface area (TPSA) is 90.3 Å². The Labute approximate surface area is 216 Å². The van der Waals surface area contributed by atoms with E-state index in [1.807, 2.05) is 25.3 Å². The van der Waals surface area contributed by atoms with Crippen LogP contribution in [0.4, 0.5) is 0 Å². The Morgan fingerprint density at radius 2 is 1.97 bits per heavy atom. The third-order valence-electron chi connectivity index (χ3n) is 6.28. The van der Waals surface area contributed by atoms with Gasteiger partial charge < -0.3 is 10.1 Å². The molecule has 0 saturated heterocycles. The first-order chi connectivity index (χ1) is 16.7. The highest BCUT2D eigenvalue weighted by molar-refractivity contribution is 9.10. The number of aromatic nitrogens is 2. The molecule has 1 fully saturated rings. The zero-order chi connectivity index (χ0) is 24.8. The van der Waals surface area contributed by atoms with E-state index in [0.29, 0.717) is 21.4 Å². The summed E-state index contributed by atoms with van der Waals surface area (Å²) >= 11 is 5.03. The van der Waals surface area contributed by atoms with E-state index < -0.39 is 10.0 Å². The van der Waals surface area contributed by atoms with Crippen molar-refractivity contribution in [3.63, 3.8) is 0 Å². The summed E-state index contributed by atoms with van der Waals surface area (Å²) in [7, 11) is -3.94. The van der Waals surface area contributed by atoms with Crippen molar-refractivity contribution in [3.8, 4) is 5.75 Å². The monoisotopic (exact) mass is 573 g/mol. The summed E-state index contributed by atoms with van der Waals surface area (Å²) in [6.45, 7) is 4.19. The number of hydrogen-bond donors (Lipinski definition) is 1. The molecule has 2 heterocycles. The molecule has 0 bridgehead atoms. The van der Waals surface area contributed by atoms with Gasteiger partial charge >= 0.3 is 0 Å². The Kier molecular flexibility index (Phi) is 6.23. The van der Waals surface area contributed by atoms with Gasteiger partial charge in [0.2, 0.25) is 5.91 Å². The van der Waals surface area contributed by atoms with Crippen molar-refractivity contribution >= 4 is 54.1 Å². The van der Waals surface area contributed by atoms with Gasteiger partial charge in [-0.25, -0.2) is 17.4 Å². The second kappa shape index (κ2) is 9.07. The molecule has 0 unspecified atom stereocenters. The summed E-state index contributed by atoms with van der Waals surface area (Å²) in [6, 6.07) is 12.1. The molecule has 4 aromatic rings. The fourth-order valence-electron chi connectivity index (χ4n) is 3.83. The smallest absolute Gasteiger partial charge is 0.268 e. The zero-order valence-electron chi connectivity index (χ0n) is 19.2. The first-order valence-electron chi connectivity index (χ1n) is 11.1. The highest BCUT2D eigenvalue weighted by Gasteiger charge is 2.44.